The van der Waals surface area contributed by atoms with Gasteiger partial charge < -0.3 is 0 Å². The number of amides is 1. The molecular formula is C26H19ClF3N3O. The maximum atomic E-state index is 13.8. The summed E-state index contributed by atoms with van der Waals surface area (Å²) in [5.74, 6) is -2.79. The zero-order valence-electron chi connectivity index (χ0n) is 17.0. The molecule has 0 radical (unpaired) electrons. The molecule has 172 valence electrons. The van der Waals surface area contributed by atoms with Crippen LogP contribution in [-0.2, 0) is 11.2 Å². The molecule has 0 bridgehead atoms. The Balaban J connectivity index is 0.00000274. The fourth-order valence-electron chi connectivity index (χ4n) is 4.07. The molecule has 4 nitrogen and oxygen atoms in total. The number of anilines is 2. The van der Waals surface area contributed by atoms with Crippen molar-refractivity contribution in [1.29, 1.82) is 0 Å². The smallest absolute Gasteiger partial charge is 0.241 e. The molecule has 0 spiro atoms. The van der Waals surface area contributed by atoms with Crippen LogP contribution in [0.3, 0.4) is 0 Å². The van der Waals surface area contributed by atoms with Gasteiger partial charge in [0.25, 0.3) is 0 Å². The summed E-state index contributed by atoms with van der Waals surface area (Å²) >= 11 is 5.95. The van der Waals surface area contributed by atoms with E-state index in [1.165, 1.54) is 41.6 Å². The van der Waals surface area contributed by atoms with E-state index in [4.69, 9.17) is 11.6 Å². The molecule has 1 aliphatic heterocycles. The SMILES string of the molecule is C.O=C1C(Cc2cc(F)cc(F)c2)c2cc(-c3ccc(F)c(Cl)c3)ccc2N1c1ncccn1. The maximum Gasteiger partial charge on any atom is 0.241 e. The van der Waals surface area contributed by atoms with Crippen molar-refractivity contribution in [3.63, 3.8) is 0 Å². The van der Waals surface area contributed by atoms with Crippen molar-refractivity contribution in [3.8, 4) is 11.1 Å². The zero-order valence-corrected chi connectivity index (χ0v) is 17.7. The van der Waals surface area contributed by atoms with Crippen LogP contribution < -0.4 is 4.90 Å². The molecule has 1 aromatic heterocycles. The number of nitrogens with zero attached hydrogens (tertiary/aromatic N) is 3. The first-order valence-electron chi connectivity index (χ1n) is 10.1. The molecule has 0 aliphatic carbocycles. The molecule has 34 heavy (non-hydrogen) atoms. The molecule has 0 saturated carbocycles. The Morgan fingerprint density at radius 3 is 2.21 bits per heavy atom. The Morgan fingerprint density at radius 2 is 1.53 bits per heavy atom. The molecule has 0 saturated heterocycles. The molecule has 2 heterocycles. The van der Waals surface area contributed by atoms with Crippen LogP contribution >= 0.6 is 11.6 Å². The van der Waals surface area contributed by atoms with Gasteiger partial charge in [0, 0.05) is 18.5 Å². The first-order valence-corrected chi connectivity index (χ1v) is 10.4. The summed E-state index contributed by atoms with van der Waals surface area (Å²) in [5.41, 5.74) is 2.96. The van der Waals surface area contributed by atoms with Gasteiger partial charge in [0.2, 0.25) is 11.9 Å². The van der Waals surface area contributed by atoms with E-state index in [1.54, 1.807) is 30.3 Å². The fourth-order valence-corrected chi connectivity index (χ4v) is 4.26. The van der Waals surface area contributed by atoms with Crippen LogP contribution in [0, 0.1) is 17.5 Å². The highest BCUT2D eigenvalue weighted by Crippen LogP contribution is 2.44. The van der Waals surface area contributed by atoms with Crippen LogP contribution in [0.5, 0.6) is 0 Å². The van der Waals surface area contributed by atoms with Crippen molar-refractivity contribution in [3.05, 3.63) is 107 Å². The first-order chi connectivity index (χ1) is 15.9. The fraction of sp³-hybridized carbons (Fsp3) is 0.115. The normalized spacial score (nSPS) is 14.6. The van der Waals surface area contributed by atoms with E-state index in [0.717, 1.165) is 11.6 Å². The van der Waals surface area contributed by atoms with Crippen LogP contribution in [0.4, 0.5) is 24.8 Å². The van der Waals surface area contributed by atoms with E-state index in [2.05, 4.69) is 9.97 Å². The number of carbonyl (C=O) groups is 1. The predicted molar refractivity (Wildman–Crippen MR) is 126 cm³/mol. The third-order valence-electron chi connectivity index (χ3n) is 5.53. The van der Waals surface area contributed by atoms with Crippen LogP contribution in [0.2, 0.25) is 5.02 Å². The monoisotopic (exact) mass is 481 g/mol. The number of hydrogen-bond acceptors (Lipinski definition) is 3. The van der Waals surface area contributed by atoms with Crippen LogP contribution in [0.15, 0.2) is 73.1 Å². The summed E-state index contributed by atoms with van der Waals surface area (Å²) in [6, 6.07) is 14.6. The van der Waals surface area contributed by atoms with Crippen LogP contribution in [0.25, 0.3) is 11.1 Å². The van der Waals surface area contributed by atoms with Crippen molar-refractivity contribution >= 4 is 29.1 Å². The Bertz CT molecular complexity index is 1360. The molecular weight excluding hydrogens is 463 g/mol. The minimum atomic E-state index is -0.721. The Morgan fingerprint density at radius 1 is 0.882 bits per heavy atom. The van der Waals surface area contributed by atoms with Gasteiger partial charge in [-0.05, 0) is 71.1 Å². The van der Waals surface area contributed by atoms with Crippen molar-refractivity contribution in [1.82, 2.24) is 9.97 Å². The molecule has 3 aromatic carbocycles. The number of benzene rings is 3. The molecule has 1 atom stereocenters. The van der Waals surface area contributed by atoms with E-state index in [-0.39, 0.29) is 30.7 Å². The van der Waals surface area contributed by atoms with E-state index < -0.39 is 23.4 Å². The average molecular weight is 482 g/mol. The Kier molecular flexibility index (Phi) is 6.39. The molecule has 1 unspecified atom stereocenters. The van der Waals surface area contributed by atoms with Gasteiger partial charge in [-0.2, -0.15) is 0 Å². The van der Waals surface area contributed by atoms with Crippen molar-refractivity contribution in [2.75, 3.05) is 4.90 Å². The van der Waals surface area contributed by atoms with Gasteiger partial charge in [-0.1, -0.05) is 31.2 Å². The highest BCUT2D eigenvalue weighted by atomic mass is 35.5. The zero-order chi connectivity index (χ0) is 23.1. The summed E-state index contributed by atoms with van der Waals surface area (Å²) in [5, 5.41) is -0.0184. The third-order valence-corrected chi connectivity index (χ3v) is 5.82. The quantitative estimate of drug-likeness (QED) is 0.320. The average Bonchev–Trinajstić information content (AvgIpc) is 3.06. The largest absolute Gasteiger partial charge is 0.273 e. The molecule has 4 aromatic rings. The number of carbonyl (C=O) groups excluding carboxylic acids is 1. The summed E-state index contributed by atoms with van der Waals surface area (Å²) in [4.78, 5) is 23.3. The van der Waals surface area contributed by atoms with Gasteiger partial charge in [-0.25, -0.2) is 28.0 Å². The molecule has 8 heteroatoms. The Hall–Kier alpha value is -3.71. The lowest BCUT2D eigenvalue weighted by Crippen LogP contribution is -2.26. The molecule has 0 N–H and O–H groups in total. The first kappa shape index (κ1) is 23.4. The number of halogens is 4. The topological polar surface area (TPSA) is 46.1 Å². The van der Waals surface area contributed by atoms with Crippen LogP contribution in [-0.4, -0.2) is 15.9 Å². The van der Waals surface area contributed by atoms with Crippen molar-refractivity contribution < 1.29 is 18.0 Å². The summed E-state index contributed by atoms with van der Waals surface area (Å²) in [7, 11) is 0. The highest BCUT2D eigenvalue weighted by Gasteiger charge is 2.39. The van der Waals surface area contributed by atoms with Gasteiger partial charge in [-0.15, -0.1) is 0 Å². The minimum Gasteiger partial charge on any atom is -0.273 e. The number of hydrogen-bond donors (Lipinski definition) is 0. The lowest BCUT2D eigenvalue weighted by atomic mass is 9.91. The second-order valence-electron chi connectivity index (χ2n) is 7.66. The minimum absolute atomic E-state index is 0. The van der Waals surface area contributed by atoms with E-state index in [9.17, 15) is 18.0 Å². The van der Waals surface area contributed by atoms with Gasteiger partial charge in [0.05, 0.1) is 16.6 Å². The van der Waals surface area contributed by atoms with Gasteiger partial charge >= 0.3 is 0 Å². The van der Waals surface area contributed by atoms with E-state index in [1.807, 2.05) is 0 Å². The third kappa shape index (κ3) is 4.26. The van der Waals surface area contributed by atoms with Gasteiger partial charge in [0.15, 0.2) is 0 Å². The summed E-state index contributed by atoms with van der Waals surface area (Å²) < 4.78 is 41.2. The highest BCUT2D eigenvalue weighted by molar-refractivity contribution is 6.31. The van der Waals surface area contributed by atoms with Crippen molar-refractivity contribution in [2.45, 2.75) is 19.8 Å². The van der Waals surface area contributed by atoms with Gasteiger partial charge in [-0.3, -0.25) is 4.79 Å². The molecule has 0 fully saturated rings. The summed E-state index contributed by atoms with van der Waals surface area (Å²) in [6.45, 7) is 0. The van der Waals surface area contributed by atoms with Crippen molar-refractivity contribution in [2.24, 2.45) is 0 Å². The van der Waals surface area contributed by atoms with Crippen LogP contribution in [0.1, 0.15) is 24.5 Å². The second kappa shape index (κ2) is 9.27. The number of rotatable bonds is 4. The maximum absolute atomic E-state index is 13.8. The Labute approximate surface area is 199 Å². The number of fused-ring (bicyclic) bond motifs is 1. The standard InChI is InChI=1S/C25H15ClF3N3O.CH4/c26-21-12-16(2-4-22(21)29)15-3-5-23-19(11-15)20(10-14-8-17(27)13-18(28)9-14)24(33)32(23)25-30-6-1-7-31-25;/h1-9,11-13,20H,10H2;1H4. The lowest BCUT2D eigenvalue weighted by Gasteiger charge is -2.15. The molecule has 1 amide bonds. The van der Waals surface area contributed by atoms with E-state index >= 15 is 0 Å². The lowest BCUT2D eigenvalue weighted by molar-refractivity contribution is -0.118. The second-order valence-corrected chi connectivity index (χ2v) is 8.07. The summed E-state index contributed by atoms with van der Waals surface area (Å²) in [6.07, 6.45) is 3.14. The predicted octanol–water partition coefficient (Wildman–Crippen LogP) is 6.86. The van der Waals surface area contributed by atoms with E-state index in [0.29, 0.717) is 22.4 Å². The number of aromatic nitrogens is 2. The molecule has 1 aliphatic rings. The molecule has 5 rings (SSSR count). The van der Waals surface area contributed by atoms with Gasteiger partial charge in [0.1, 0.15) is 17.5 Å².